The molecule has 1 rings (SSSR count). The first-order valence-electron chi connectivity index (χ1n) is 5.49. The van der Waals surface area contributed by atoms with Crippen molar-refractivity contribution in [3.8, 4) is 0 Å². The predicted octanol–water partition coefficient (Wildman–Crippen LogP) is 0.211. The number of nitrogens with one attached hydrogen (secondary N) is 3. The van der Waals surface area contributed by atoms with Gasteiger partial charge in [0, 0.05) is 32.7 Å². The fourth-order valence-corrected chi connectivity index (χ4v) is 1.33. The summed E-state index contributed by atoms with van der Waals surface area (Å²) in [6.45, 7) is 1.18. The minimum absolute atomic E-state index is 0.0631. The summed E-state index contributed by atoms with van der Waals surface area (Å²) in [6, 6.07) is 9.14. The molecule has 0 aromatic heterocycles. The Morgan fingerprint density at radius 1 is 1.18 bits per heavy atom. The zero-order chi connectivity index (χ0) is 12.5. The Morgan fingerprint density at radius 3 is 2.41 bits per heavy atom. The van der Waals surface area contributed by atoms with Crippen molar-refractivity contribution < 1.29 is 4.79 Å². The summed E-state index contributed by atoms with van der Waals surface area (Å²) < 4.78 is 0. The van der Waals surface area contributed by atoms with Gasteiger partial charge in [0.15, 0.2) is 5.96 Å². The third kappa shape index (κ3) is 4.55. The molecule has 0 aliphatic heterocycles. The van der Waals surface area contributed by atoms with Gasteiger partial charge < -0.3 is 16.0 Å². The van der Waals surface area contributed by atoms with Gasteiger partial charge >= 0.3 is 0 Å². The van der Waals surface area contributed by atoms with Gasteiger partial charge in [0.1, 0.15) is 0 Å². The Balaban J connectivity index is 2.26. The van der Waals surface area contributed by atoms with E-state index in [9.17, 15) is 4.79 Å². The molecule has 0 fully saturated rings. The smallest absolute Gasteiger partial charge is 0.251 e. The highest BCUT2D eigenvalue weighted by Crippen LogP contribution is 1.96. The molecule has 1 aromatic rings. The molecule has 0 spiro atoms. The number of guanidine groups is 1. The van der Waals surface area contributed by atoms with Crippen molar-refractivity contribution in [2.24, 2.45) is 4.99 Å². The van der Waals surface area contributed by atoms with E-state index >= 15 is 0 Å². The van der Waals surface area contributed by atoms with Gasteiger partial charge in [-0.05, 0) is 12.1 Å². The van der Waals surface area contributed by atoms with E-state index < -0.39 is 0 Å². The van der Waals surface area contributed by atoms with Crippen LogP contribution < -0.4 is 16.0 Å². The zero-order valence-electron chi connectivity index (χ0n) is 10.2. The van der Waals surface area contributed by atoms with E-state index in [1.807, 2.05) is 18.2 Å². The van der Waals surface area contributed by atoms with Gasteiger partial charge in [-0.3, -0.25) is 9.79 Å². The van der Waals surface area contributed by atoms with Crippen LogP contribution in [0.2, 0.25) is 0 Å². The highest BCUT2D eigenvalue weighted by Gasteiger charge is 2.02. The molecule has 5 heteroatoms. The fraction of sp³-hybridized carbons (Fsp3) is 0.333. The lowest BCUT2D eigenvalue weighted by Crippen LogP contribution is -2.39. The van der Waals surface area contributed by atoms with Crippen LogP contribution >= 0.6 is 0 Å². The van der Waals surface area contributed by atoms with Crippen LogP contribution in [-0.4, -0.2) is 39.1 Å². The van der Waals surface area contributed by atoms with Gasteiger partial charge in [-0.1, -0.05) is 18.2 Å². The number of hydrogen-bond donors (Lipinski definition) is 3. The first kappa shape index (κ1) is 13.0. The van der Waals surface area contributed by atoms with Crippen molar-refractivity contribution in [1.29, 1.82) is 0 Å². The Labute approximate surface area is 101 Å². The number of carbonyl (C=O) groups is 1. The van der Waals surface area contributed by atoms with Gasteiger partial charge in [-0.25, -0.2) is 0 Å². The maximum atomic E-state index is 11.6. The van der Waals surface area contributed by atoms with Crippen LogP contribution in [0.25, 0.3) is 0 Å². The summed E-state index contributed by atoms with van der Waals surface area (Å²) in [5, 5.41) is 8.77. The molecule has 0 bridgehead atoms. The quantitative estimate of drug-likeness (QED) is 0.396. The molecule has 0 aliphatic rings. The molecule has 0 radical (unpaired) electrons. The molecule has 17 heavy (non-hydrogen) atoms. The number of hydrogen-bond acceptors (Lipinski definition) is 2. The SMILES string of the molecule is CN=C(NC)NCCNC(=O)c1ccccc1. The number of nitrogens with zero attached hydrogens (tertiary/aromatic N) is 1. The second kappa shape index (κ2) is 7.27. The lowest BCUT2D eigenvalue weighted by atomic mass is 10.2. The van der Waals surface area contributed by atoms with Gasteiger partial charge in [0.2, 0.25) is 0 Å². The van der Waals surface area contributed by atoms with Gasteiger partial charge in [-0.15, -0.1) is 0 Å². The van der Waals surface area contributed by atoms with Crippen LogP contribution in [-0.2, 0) is 0 Å². The number of rotatable bonds is 4. The summed E-state index contributed by atoms with van der Waals surface area (Å²) in [5.74, 6) is 0.644. The van der Waals surface area contributed by atoms with Crippen LogP contribution in [0.1, 0.15) is 10.4 Å². The normalized spacial score (nSPS) is 10.8. The standard InChI is InChI=1S/C12H18N4O/c1-13-12(14-2)16-9-8-15-11(17)10-6-4-3-5-7-10/h3-7H,8-9H2,1-2H3,(H,15,17)(H2,13,14,16). The summed E-state index contributed by atoms with van der Waals surface area (Å²) in [4.78, 5) is 15.6. The van der Waals surface area contributed by atoms with Crippen molar-refractivity contribution in [2.75, 3.05) is 27.2 Å². The summed E-state index contributed by atoms with van der Waals surface area (Å²) in [6.07, 6.45) is 0. The van der Waals surface area contributed by atoms with E-state index in [0.29, 0.717) is 24.6 Å². The molecule has 1 aromatic carbocycles. The van der Waals surface area contributed by atoms with Crippen molar-refractivity contribution in [3.63, 3.8) is 0 Å². The van der Waals surface area contributed by atoms with Crippen LogP contribution in [0, 0.1) is 0 Å². The highest BCUT2D eigenvalue weighted by molar-refractivity contribution is 5.94. The first-order valence-corrected chi connectivity index (χ1v) is 5.49. The number of amides is 1. The number of carbonyl (C=O) groups excluding carboxylic acids is 1. The summed E-state index contributed by atoms with van der Waals surface area (Å²) >= 11 is 0. The Morgan fingerprint density at radius 2 is 1.82 bits per heavy atom. The van der Waals surface area contributed by atoms with Crippen LogP contribution in [0.4, 0.5) is 0 Å². The topological polar surface area (TPSA) is 65.5 Å². The molecule has 92 valence electrons. The first-order chi connectivity index (χ1) is 8.27. The third-order valence-electron chi connectivity index (χ3n) is 2.20. The Hall–Kier alpha value is -2.04. The zero-order valence-corrected chi connectivity index (χ0v) is 10.2. The fourth-order valence-electron chi connectivity index (χ4n) is 1.33. The molecular formula is C12H18N4O. The molecule has 0 saturated carbocycles. The second-order valence-corrected chi connectivity index (χ2v) is 3.37. The monoisotopic (exact) mass is 234 g/mol. The van der Waals surface area contributed by atoms with E-state index in [1.165, 1.54) is 0 Å². The van der Waals surface area contributed by atoms with Crippen molar-refractivity contribution in [2.45, 2.75) is 0 Å². The average molecular weight is 234 g/mol. The third-order valence-corrected chi connectivity index (χ3v) is 2.20. The number of aliphatic imine (C=N–C) groups is 1. The summed E-state index contributed by atoms with van der Waals surface area (Å²) in [7, 11) is 3.49. The van der Waals surface area contributed by atoms with Gasteiger partial charge in [0.25, 0.3) is 5.91 Å². The van der Waals surface area contributed by atoms with E-state index in [0.717, 1.165) is 0 Å². The van der Waals surface area contributed by atoms with Crippen LogP contribution in [0.15, 0.2) is 35.3 Å². The van der Waals surface area contributed by atoms with Crippen molar-refractivity contribution >= 4 is 11.9 Å². The minimum Gasteiger partial charge on any atom is -0.359 e. The van der Waals surface area contributed by atoms with Crippen molar-refractivity contribution in [1.82, 2.24) is 16.0 Å². The van der Waals surface area contributed by atoms with E-state index in [2.05, 4.69) is 20.9 Å². The Bertz CT molecular complexity index is 375. The molecule has 1 amide bonds. The second-order valence-electron chi connectivity index (χ2n) is 3.37. The maximum absolute atomic E-state index is 11.6. The molecule has 0 unspecified atom stereocenters. The minimum atomic E-state index is -0.0631. The van der Waals surface area contributed by atoms with Gasteiger partial charge in [-0.2, -0.15) is 0 Å². The molecule has 0 atom stereocenters. The highest BCUT2D eigenvalue weighted by atomic mass is 16.1. The molecule has 0 aliphatic carbocycles. The lowest BCUT2D eigenvalue weighted by molar-refractivity contribution is 0.0954. The van der Waals surface area contributed by atoms with E-state index in [4.69, 9.17) is 0 Å². The predicted molar refractivity (Wildman–Crippen MR) is 69.2 cm³/mol. The average Bonchev–Trinajstić information content (AvgIpc) is 2.40. The van der Waals surface area contributed by atoms with E-state index in [1.54, 1.807) is 26.2 Å². The van der Waals surface area contributed by atoms with Gasteiger partial charge in [0.05, 0.1) is 0 Å². The lowest BCUT2D eigenvalue weighted by Gasteiger charge is -2.09. The van der Waals surface area contributed by atoms with Crippen molar-refractivity contribution in [3.05, 3.63) is 35.9 Å². The molecular weight excluding hydrogens is 216 g/mol. The molecule has 0 heterocycles. The Kier molecular flexibility index (Phi) is 5.57. The molecule has 0 saturated heterocycles. The maximum Gasteiger partial charge on any atom is 0.251 e. The summed E-state index contributed by atoms with van der Waals surface area (Å²) in [5.41, 5.74) is 0.672. The molecule has 3 N–H and O–H groups in total. The van der Waals surface area contributed by atoms with E-state index in [-0.39, 0.29) is 5.91 Å². The number of benzene rings is 1. The largest absolute Gasteiger partial charge is 0.359 e. The van der Waals surface area contributed by atoms with Crippen LogP contribution in [0.3, 0.4) is 0 Å². The molecule has 5 nitrogen and oxygen atoms in total. The van der Waals surface area contributed by atoms with Crippen LogP contribution in [0.5, 0.6) is 0 Å².